The average molecular weight is 720 g/mol. The minimum Gasteiger partial charge on any atom is -0.408 e. The van der Waals surface area contributed by atoms with Crippen LogP contribution in [0.25, 0.3) is 11.0 Å². The molecule has 3 aromatic rings. The number of nitrogen functional groups attached to an aromatic ring is 1. The van der Waals surface area contributed by atoms with Crippen LogP contribution in [-0.4, -0.2) is 57.8 Å². The fourth-order valence-electron chi connectivity index (χ4n) is 7.41. The number of hydrogen-bond donors (Lipinski definition) is 1. The third kappa shape index (κ3) is 7.77. The molecule has 0 radical (unpaired) electrons. The third-order valence-electron chi connectivity index (χ3n) is 11.5. The molecule has 262 valence electrons. The van der Waals surface area contributed by atoms with E-state index >= 15 is 0 Å². The lowest BCUT2D eigenvalue weighted by molar-refractivity contribution is -0.0780. The van der Waals surface area contributed by atoms with E-state index in [1.54, 1.807) is 0 Å². The molecule has 8 nitrogen and oxygen atoms in total. The summed E-state index contributed by atoms with van der Waals surface area (Å²) in [5, 5.41) is 1.51. The maximum atomic E-state index is 7.61. The Kier molecular flexibility index (Phi) is 13.4. The van der Waals surface area contributed by atoms with Gasteiger partial charge in [-0.2, -0.15) is 0 Å². The molecule has 2 N–H and O–H groups in total. The summed E-state index contributed by atoms with van der Waals surface area (Å²) < 4.78 is 32.1. The van der Waals surface area contributed by atoms with E-state index in [0.717, 1.165) is 71.0 Å². The predicted molar refractivity (Wildman–Crippen MR) is 202 cm³/mol. The Hall–Kier alpha value is -1.58. The summed E-state index contributed by atoms with van der Waals surface area (Å²) in [4.78, 5) is 8.96. The Morgan fingerprint density at radius 2 is 1.26 bits per heavy atom. The van der Waals surface area contributed by atoms with Gasteiger partial charge < -0.3 is 28.3 Å². The molecule has 0 spiro atoms. The number of nitrogens with zero attached hydrogens (tertiary/aromatic N) is 3. The van der Waals surface area contributed by atoms with Gasteiger partial charge in [0.25, 0.3) is 0 Å². The summed E-state index contributed by atoms with van der Waals surface area (Å²) in [6.07, 6.45) is 1.62. The van der Waals surface area contributed by atoms with Gasteiger partial charge in [-0.25, -0.2) is 9.97 Å². The maximum absolute atomic E-state index is 7.61. The van der Waals surface area contributed by atoms with E-state index in [1.165, 1.54) is 6.33 Å². The maximum Gasteiger partial charge on any atom is 0.193 e. The number of aromatic nitrogens is 3. The summed E-state index contributed by atoms with van der Waals surface area (Å²) in [7, 11) is -6.42. The predicted octanol–water partition coefficient (Wildman–Crippen LogP) is 10.1. The van der Waals surface area contributed by atoms with Crippen molar-refractivity contribution in [1.29, 1.82) is 0 Å². The van der Waals surface area contributed by atoms with Crippen LogP contribution >= 0.6 is 11.6 Å². The zero-order valence-electron chi connectivity index (χ0n) is 30.2. The van der Waals surface area contributed by atoms with E-state index in [-0.39, 0.29) is 18.3 Å². The number of hydrogen-bond acceptors (Lipinski definition) is 7. The highest BCUT2D eigenvalue weighted by Crippen LogP contribution is 2.47. The Bertz CT molecular complexity index is 1390. The van der Waals surface area contributed by atoms with Crippen LogP contribution in [-0.2, 0) is 18.0 Å². The van der Waals surface area contributed by atoms with E-state index in [2.05, 4.69) is 84.0 Å². The largest absolute Gasteiger partial charge is 0.408 e. The molecule has 4 rings (SSSR count). The van der Waals surface area contributed by atoms with Crippen LogP contribution in [0.3, 0.4) is 0 Å². The summed E-state index contributed by atoms with van der Waals surface area (Å²) in [5.74, 6) is 0.453. The number of nitrogens with two attached hydrogens (primary N) is 1. The average Bonchev–Trinajstić information content (AvgIpc) is 3.69. The van der Waals surface area contributed by atoms with Gasteiger partial charge in [0.15, 0.2) is 31.2 Å². The molecule has 1 aliphatic heterocycles. The van der Waals surface area contributed by atoms with E-state index in [1.807, 2.05) is 24.4 Å². The first-order valence-electron chi connectivity index (χ1n) is 18.1. The van der Waals surface area contributed by atoms with Gasteiger partial charge in [-0.15, -0.1) is 0 Å². The van der Waals surface area contributed by atoms with Crippen molar-refractivity contribution in [2.24, 2.45) is 0 Å². The van der Waals surface area contributed by atoms with Crippen molar-refractivity contribution in [2.45, 2.75) is 147 Å². The van der Waals surface area contributed by atoms with Crippen LogP contribution in [0.2, 0.25) is 59.4 Å². The lowest BCUT2D eigenvalue weighted by Crippen LogP contribution is -2.53. The van der Waals surface area contributed by atoms with Crippen molar-refractivity contribution in [3.63, 3.8) is 0 Å². The van der Waals surface area contributed by atoms with Crippen molar-refractivity contribution in [1.82, 2.24) is 14.5 Å². The molecule has 12 heteroatoms. The van der Waals surface area contributed by atoms with Crippen molar-refractivity contribution >= 4 is 53.4 Å². The summed E-state index contributed by atoms with van der Waals surface area (Å²) in [5.41, 5.74) is 8.14. The molecular formula is C35H59ClN4O4Si3. The summed E-state index contributed by atoms with van der Waals surface area (Å²) in [6, 6.07) is 19.3. The number of ether oxygens (including phenoxy) is 1. The number of anilines is 1. The Morgan fingerprint density at radius 1 is 0.745 bits per heavy atom. The molecule has 1 aliphatic rings. The molecule has 47 heavy (non-hydrogen) atoms. The molecular weight excluding hydrogens is 660 g/mol. The van der Waals surface area contributed by atoms with Crippen molar-refractivity contribution in [3.05, 3.63) is 53.4 Å². The monoisotopic (exact) mass is 718 g/mol. The normalized spacial score (nSPS) is 21.5. The topological polar surface area (TPSA) is 93.7 Å². The fourth-order valence-corrected chi connectivity index (χ4v) is 16.0. The molecule has 0 saturated carbocycles. The number of benzene rings is 1. The Balaban J connectivity index is 1.99. The van der Waals surface area contributed by atoms with E-state index in [9.17, 15) is 0 Å². The highest BCUT2D eigenvalue weighted by atomic mass is 35.5. The molecule has 1 aromatic carbocycles. The highest BCUT2D eigenvalue weighted by molar-refractivity contribution is 6.74. The zero-order valence-corrected chi connectivity index (χ0v) is 34.0. The molecule has 0 bridgehead atoms. The molecule has 1 fully saturated rings. The molecule has 1 saturated heterocycles. The lowest BCUT2D eigenvalue weighted by Gasteiger charge is -2.42. The van der Waals surface area contributed by atoms with Crippen LogP contribution in [0, 0.1) is 0 Å². The smallest absolute Gasteiger partial charge is 0.193 e. The minimum atomic E-state index is -2.15. The van der Waals surface area contributed by atoms with Crippen LogP contribution in [0.1, 0.15) is 80.2 Å². The second-order valence-electron chi connectivity index (χ2n) is 13.2. The quantitative estimate of drug-likeness (QED) is 0.131. The van der Waals surface area contributed by atoms with Gasteiger partial charge in [0.1, 0.15) is 36.1 Å². The Morgan fingerprint density at radius 3 is 1.77 bits per heavy atom. The summed E-state index contributed by atoms with van der Waals surface area (Å²) >= 11 is 6.44. The number of rotatable bonds is 18. The highest BCUT2D eigenvalue weighted by Gasteiger charge is 2.56. The first kappa shape index (κ1) is 38.2. The SMILES string of the molecule is CC[Si](CC)(CC)O[C@H]1[C@@H](O[Si](CC)(CC)CC)[C@H](n2ccc3c(N)ncnc32)O[C@@H]1[C@H](O[Si](CC)(CC)CC)c1ccc(Cl)cc1. The van der Waals surface area contributed by atoms with Crippen LogP contribution in [0.15, 0.2) is 42.9 Å². The van der Waals surface area contributed by atoms with Gasteiger partial charge in [-0.3, -0.25) is 0 Å². The first-order valence-corrected chi connectivity index (χ1v) is 26.1. The van der Waals surface area contributed by atoms with Crippen molar-refractivity contribution < 1.29 is 18.0 Å². The number of halogens is 1. The van der Waals surface area contributed by atoms with Crippen LogP contribution < -0.4 is 5.73 Å². The van der Waals surface area contributed by atoms with Crippen LogP contribution in [0.5, 0.6) is 0 Å². The fraction of sp³-hybridized carbons (Fsp3) is 0.657. The van der Waals surface area contributed by atoms with Gasteiger partial charge in [-0.05, 0) is 78.2 Å². The van der Waals surface area contributed by atoms with Gasteiger partial charge in [0.05, 0.1) is 11.5 Å². The molecule has 0 aliphatic carbocycles. The van der Waals surface area contributed by atoms with Crippen molar-refractivity contribution in [2.75, 3.05) is 5.73 Å². The molecule has 2 aromatic heterocycles. The van der Waals surface area contributed by atoms with Crippen LogP contribution in [0.4, 0.5) is 5.82 Å². The minimum absolute atomic E-state index is 0.336. The number of fused-ring (bicyclic) bond motifs is 1. The van der Waals surface area contributed by atoms with Gasteiger partial charge in [0, 0.05) is 11.2 Å². The second-order valence-corrected chi connectivity index (χ2v) is 27.8. The second kappa shape index (κ2) is 16.4. The first-order chi connectivity index (χ1) is 22.6. The molecule has 5 atom stereocenters. The van der Waals surface area contributed by atoms with Crippen molar-refractivity contribution in [3.8, 4) is 0 Å². The van der Waals surface area contributed by atoms with E-state index in [4.69, 9.17) is 40.3 Å². The zero-order chi connectivity index (χ0) is 34.4. The molecule has 0 amide bonds. The van der Waals surface area contributed by atoms with E-state index < -0.39 is 37.3 Å². The lowest BCUT2D eigenvalue weighted by atomic mass is 9.99. The Labute approximate surface area is 291 Å². The standard InChI is InChI=1S/C35H59ClN4O4Si3/c1-10-45(11-2,12-3)42-29(26-19-21-27(36)22-20-26)30-31(43-46(13-4,14-5)15-6)32(44-47(16-7,17-8)18-9)35(41-30)40-24-23-28-33(37)38-25-39-34(28)40/h19-25,29-32,35H,10-18H2,1-9H3,(H2,37,38,39)/t29-,30-,31-,32-,35-/m1/s1. The van der Waals surface area contributed by atoms with Gasteiger partial charge in [-0.1, -0.05) is 86.0 Å². The van der Waals surface area contributed by atoms with Gasteiger partial charge in [0.2, 0.25) is 0 Å². The van der Waals surface area contributed by atoms with Gasteiger partial charge >= 0.3 is 0 Å². The third-order valence-corrected chi connectivity index (χ3v) is 25.6. The van der Waals surface area contributed by atoms with E-state index in [0.29, 0.717) is 10.8 Å². The molecule has 0 unspecified atom stereocenters. The molecule has 3 heterocycles. The summed E-state index contributed by atoms with van der Waals surface area (Å²) in [6.45, 7) is 20.5.